The van der Waals surface area contributed by atoms with Crippen LogP contribution in [0, 0.1) is 0 Å². The van der Waals surface area contributed by atoms with Crippen molar-refractivity contribution in [3.8, 4) is 5.88 Å². The molecule has 0 spiro atoms. The van der Waals surface area contributed by atoms with Gasteiger partial charge < -0.3 is 9.64 Å². The maximum Gasteiger partial charge on any atom is 0.255 e. The highest BCUT2D eigenvalue weighted by atomic mass is 79.9. The first-order valence-electron chi connectivity index (χ1n) is 8.65. The Kier molecular flexibility index (Phi) is 4.90. The van der Waals surface area contributed by atoms with E-state index in [0.717, 1.165) is 26.9 Å². The average molecular weight is 424 g/mol. The van der Waals surface area contributed by atoms with Crippen LogP contribution in [0.15, 0.2) is 65.4 Å². The van der Waals surface area contributed by atoms with Crippen LogP contribution in [-0.2, 0) is 13.0 Å². The molecule has 5 nitrogen and oxygen atoms in total. The van der Waals surface area contributed by atoms with E-state index in [1.807, 2.05) is 53.4 Å². The average Bonchev–Trinajstić information content (AvgIpc) is 2.96. The minimum Gasteiger partial charge on any atom is -0.481 e. The lowest BCUT2D eigenvalue weighted by Gasteiger charge is -2.25. The predicted molar refractivity (Wildman–Crippen MR) is 105 cm³/mol. The molecule has 3 heterocycles. The van der Waals surface area contributed by atoms with Crippen molar-refractivity contribution < 1.29 is 9.53 Å². The molecule has 0 N–H and O–H groups in total. The van der Waals surface area contributed by atoms with E-state index in [0.29, 0.717) is 18.8 Å². The van der Waals surface area contributed by atoms with E-state index in [4.69, 9.17) is 4.74 Å². The lowest BCUT2D eigenvalue weighted by Crippen LogP contribution is -2.29. The van der Waals surface area contributed by atoms with E-state index >= 15 is 0 Å². The van der Waals surface area contributed by atoms with Gasteiger partial charge in [-0.3, -0.25) is 9.78 Å². The molecule has 3 aromatic rings. The molecule has 0 fully saturated rings. The van der Waals surface area contributed by atoms with E-state index in [1.54, 1.807) is 19.5 Å². The van der Waals surface area contributed by atoms with Gasteiger partial charge in [0.1, 0.15) is 0 Å². The van der Waals surface area contributed by atoms with Crippen molar-refractivity contribution >= 4 is 21.8 Å². The number of ether oxygens (including phenoxy) is 1. The van der Waals surface area contributed by atoms with Gasteiger partial charge in [0.2, 0.25) is 5.88 Å². The number of halogens is 1. The number of carbonyl (C=O) groups excluding carboxylic acids is 1. The van der Waals surface area contributed by atoms with Crippen molar-refractivity contribution in [2.45, 2.75) is 19.0 Å². The molecule has 1 aliphatic heterocycles. The number of nitrogens with zero attached hydrogens (tertiary/aromatic N) is 3. The Hall–Kier alpha value is -2.73. The molecule has 0 saturated carbocycles. The molecule has 1 unspecified atom stereocenters. The minimum atomic E-state index is -0.0676. The molecule has 27 heavy (non-hydrogen) atoms. The smallest absolute Gasteiger partial charge is 0.255 e. The van der Waals surface area contributed by atoms with Crippen molar-refractivity contribution in [1.29, 1.82) is 0 Å². The van der Waals surface area contributed by atoms with Crippen LogP contribution in [0.25, 0.3) is 0 Å². The monoisotopic (exact) mass is 423 g/mol. The van der Waals surface area contributed by atoms with Crippen molar-refractivity contribution in [3.05, 3.63) is 87.8 Å². The third-order valence-corrected chi connectivity index (χ3v) is 5.49. The third-order valence-electron chi connectivity index (χ3n) is 4.77. The number of aromatic nitrogens is 2. The zero-order chi connectivity index (χ0) is 18.8. The number of methoxy groups -OCH3 is 1. The van der Waals surface area contributed by atoms with Crippen LogP contribution in [0.5, 0.6) is 5.88 Å². The molecule has 4 rings (SSSR count). The Labute approximate surface area is 166 Å². The van der Waals surface area contributed by atoms with Crippen LogP contribution in [0.3, 0.4) is 0 Å². The van der Waals surface area contributed by atoms with Gasteiger partial charge in [-0.25, -0.2) is 4.98 Å². The number of fused-ring (bicyclic) bond motifs is 1. The lowest BCUT2D eigenvalue weighted by molar-refractivity contribution is 0.0708. The lowest BCUT2D eigenvalue weighted by atomic mass is 10.0. The van der Waals surface area contributed by atoms with Crippen LogP contribution in [0.4, 0.5) is 0 Å². The van der Waals surface area contributed by atoms with Gasteiger partial charge in [-0.05, 0) is 45.3 Å². The summed E-state index contributed by atoms with van der Waals surface area (Å²) in [6, 6.07) is 15.4. The summed E-state index contributed by atoms with van der Waals surface area (Å²) in [4.78, 5) is 23.7. The molecule has 1 atom stereocenters. The SMILES string of the molecule is COc1ccc(CN2C(=O)c3ccccc3C2Cc2ncccc2Br)cn1. The van der Waals surface area contributed by atoms with Crippen molar-refractivity contribution in [2.24, 2.45) is 0 Å². The third kappa shape index (κ3) is 3.45. The van der Waals surface area contributed by atoms with Crippen LogP contribution < -0.4 is 4.74 Å². The highest BCUT2D eigenvalue weighted by molar-refractivity contribution is 9.10. The minimum absolute atomic E-state index is 0.0403. The first-order chi connectivity index (χ1) is 13.2. The summed E-state index contributed by atoms with van der Waals surface area (Å²) in [5.74, 6) is 0.599. The molecule has 0 aliphatic carbocycles. The van der Waals surface area contributed by atoms with Gasteiger partial charge in [-0.2, -0.15) is 0 Å². The zero-order valence-corrected chi connectivity index (χ0v) is 16.4. The largest absolute Gasteiger partial charge is 0.481 e. The van der Waals surface area contributed by atoms with E-state index in [1.165, 1.54) is 0 Å². The van der Waals surface area contributed by atoms with Crippen molar-refractivity contribution in [1.82, 2.24) is 14.9 Å². The molecular formula is C21H18BrN3O2. The molecule has 1 aromatic carbocycles. The molecular weight excluding hydrogens is 406 g/mol. The van der Waals surface area contributed by atoms with Crippen molar-refractivity contribution in [3.63, 3.8) is 0 Å². The summed E-state index contributed by atoms with van der Waals surface area (Å²) in [6.07, 6.45) is 4.18. The summed E-state index contributed by atoms with van der Waals surface area (Å²) in [5.41, 5.74) is 3.70. The fourth-order valence-electron chi connectivity index (χ4n) is 3.42. The fraction of sp³-hybridized carbons (Fsp3) is 0.190. The molecule has 0 saturated heterocycles. The summed E-state index contributed by atoms with van der Waals surface area (Å²) in [7, 11) is 1.59. The number of pyridine rings is 2. The number of hydrogen-bond acceptors (Lipinski definition) is 4. The second-order valence-corrected chi connectivity index (χ2v) is 7.24. The van der Waals surface area contributed by atoms with Gasteiger partial charge >= 0.3 is 0 Å². The summed E-state index contributed by atoms with van der Waals surface area (Å²) in [5, 5.41) is 0. The van der Waals surface area contributed by atoms with Crippen LogP contribution in [0.2, 0.25) is 0 Å². The number of rotatable bonds is 5. The molecule has 0 bridgehead atoms. The molecule has 1 amide bonds. The highest BCUT2D eigenvalue weighted by Gasteiger charge is 2.36. The number of hydrogen-bond donors (Lipinski definition) is 0. The van der Waals surface area contributed by atoms with E-state index in [-0.39, 0.29) is 11.9 Å². The second-order valence-electron chi connectivity index (χ2n) is 6.38. The Morgan fingerprint density at radius 1 is 1.11 bits per heavy atom. The Morgan fingerprint density at radius 2 is 1.96 bits per heavy atom. The first kappa shape index (κ1) is 17.7. The van der Waals surface area contributed by atoms with Gasteiger partial charge in [0.25, 0.3) is 5.91 Å². The van der Waals surface area contributed by atoms with Gasteiger partial charge in [-0.15, -0.1) is 0 Å². The van der Waals surface area contributed by atoms with E-state index in [9.17, 15) is 4.79 Å². The second kappa shape index (κ2) is 7.48. The van der Waals surface area contributed by atoms with Gasteiger partial charge in [0, 0.05) is 41.5 Å². The molecule has 0 radical (unpaired) electrons. The fourth-order valence-corrected chi connectivity index (χ4v) is 3.84. The first-order valence-corrected chi connectivity index (χ1v) is 9.45. The summed E-state index contributed by atoms with van der Waals surface area (Å²) in [6.45, 7) is 0.486. The Balaban J connectivity index is 1.67. The number of carbonyl (C=O) groups is 1. The topological polar surface area (TPSA) is 55.3 Å². The van der Waals surface area contributed by atoms with E-state index in [2.05, 4.69) is 25.9 Å². The van der Waals surface area contributed by atoms with E-state index < -0.39 is 0 Å². The standard InChI is InChI=1S/C21H18BrN3O2/c1-27-20-9-8-14(12-24-20)13-25-19(11-18-17(22)7-4-10-23-18)15-5-2-3-6-16(15)21(25)26/h2-10,12,19H,11,13H2,1H3. The maximum absolute atomic E-state index is 13.1. The van der Waals surface area contributed by atoms with Gasteiger partial charge in [0.15, 0.2) is 0 Å². The van der Waals surface area contributed by atoms with Gasteiger partial charge in [-0.1, -0.05) is 24.3 Å². The summed E-state index contributed by atoms with van der Waals surface area (Å²) >= 11 is 3.57. The Morgan fingerprint density at radius 3 is 2.70 bits per heavy atom. The number of amides is 1. The van der Waals surface area contributed by atoms with Gasteiger partial charge in [0.05, 0.1) is 18.8 Å². The maximum atomic E-state index is 13.1. The summed E-state index contributed by atoms with van der Waals surface area (Å²) < 4.78 is 6.07. The van der Waals surface area contributed by atoms with Crippen LogP contribution in [0.1, 0.15) is 33.2 Å². The van der Waals surface area contributed by atoms with Crippen LogP contribution >= 0.6 is 15.9 Å². The highest BCUT2D eigenvalue weighted by Crippen LogP contribution is 2.37. The normalized spacial score (nSPS) is 15.7. The molecule has 2 aromatic heterocycles. The molecule has 1 aliphatic rings. The quantitative estimate of drug-likeness (QED) is 0.617. The molecule has 136 valence electrons. The Bertz CT molecular complexity index is 975. The molecule has 6 heteroatoms. The van der Waals surface area contributed by atoms with Crippen LogP contribution in [-0.4, -0.2) is 27.9 Å². The van der Waals surface area contributed by atoms with Crippen molar-refractivity contribution in [2.75, 3.05) is 7.11 Å². The number of benzene rings is 1. The predicted octanol–water partition coefficient (Wildman–Crippen LogP) is 4.19. The zero-order valence-electron chi connectivity index (χ0n) is 14.8.